The lowest BCUT2D eigenvalue weighted by Gasteiger charge is -2.39. The van der Waals surface area contributed by atoms with Gasteiger partial charge in [0.25, 0.3) is 0 Å². The van der Waals surface area contributed by atoms with E-state index in [1.54, 1.807) is 23.4 Å². The zero-order chi connectivity index (χ0) is 17.2. The number of halogens is 3. The van der Waals surface area contributed by atoms with Gasteiger partial charge in [-0.3, -0.25) is 4.79 Å². The average Bonchev–Trinajstić information content (AvgIpc) is 2.51. The third kappa shape index (κ3) is 3.81. The van der Waals surface area contributed by atoms with Crippen LogP contribution in [0, 0.1) is 0 Å². The highest BCUT2D eigenvalue weighted by Crippen LogP contribution is 2.29. The van der Waals surface area contributed by atoms with E-state index in [1.807, 2.05) is 0 Å². The lowest BCUT2D eigenvalue weighted by Crippen LogP contribution is -2.57. The Morgan fingerprint density at radius 2 is 1.92 bits per heavy atom. The molecule has 1 N–H and O–H groups in total. The Bertz CT molecular complexity index is 715. The first-order valence-electron chi connectivity index (χ1n) is 7.39. The summed E-state index contributed by atoms with van der Waals surface area (Å²) < 4.78 is 38.1. The summed E-state index contributed by atoms with van der Waals surface area (Å²) in [7, 11) is 0. The smallest absolute Gasteiger partial charge is 0.348 e. The van der Waals surface area contributed by atoms with Crippen molar-refractivity contribution >= 4 is 11.9 Å². The average molecular weight is 336 g/mol. The molecule has 1 aliphatic rings. The van der Waals surface area contributed by atoms with E-state index in [-0.39, 0.29) is 18.4 Å². The number of likely N-dealkylation sites (tertiary alicyclic amines) is 1. The minimum atomic E-state index is -4.40. The van der Waals surface area contributed by atoms with Crippen molar-refractivity contribution in [3.8, 4) is 0 Å². The first-order valence-corrected chi connectivity index (χ1v) is 7.39. The summed E-state index contributed by atoms with van der Waals surface area (Å²) in [5.41, 5.74) is -0.380. The van der Waals surface area contributed by atoms with Crippen LogP contribution in [0.1, 0.15) is 11.1 Å². The van der Waals surface area contributed by atoms with E-state index in [1.165, 1.54) is 12.1 Å². The molecule has 2 heterocycles. The van der Waals surface area contributed by atoms with Gasteiger partial charge in [0.2, 0.25) is 11.9 Å². The Kier molecular flexibility index (Phi) is 4.37. The van der Waals surface area contributed by atoms with Crippen molar-refractivity contribution in [2.24, 2.45) is 0 Å². The Balaban J connectivity index is 1.52. The van der Waals surface area contributed by atoms with Gasteiger partial charge in [0.15, 0.2) is 0 Å². The summed E-state index contributed by atoms with van der Waals surface area (Å²) in [6.07, 6.45) is -1.21. The zero-order valence-electron chi connectivity index (χ0n) is 12.6. The lowest BCUT2D eigenvalue weighted by atomic mass is 10.0. The summed E-state index contributed by atoms with van der Waals surface area (Å²) in [5, 5.41) is 3.09. The molecule has 0 saturated carbocycles. The minimum Gasteiger partial charge on any atom is -0.348 e. The van der Waals surface area contributed by atoms with E-state index in [9.17, 15) is 18.0 Å². The number of carbonyl (C=O) groups excluding carboxylic acids is 1. The molecule has 3 rings (SSSR count). The van der Waals surface area contributed by atoms with Crippen LogP contribution in [0.3, 0.4) is 0 Å². The Hall–Kier alpha value is -2.64. The molecule has 1 amide bonds. The first kappa shape index (κ1) is 16.2. The number of carbonyl (C=O) groups is 1. The van der Waals surface area contributed by atoms with E-state index in [0.29, 0.717) is 24.6 Å². The Morgan fingerprint density at radius 3 is 2.58 bits per heavy atom. The number of aromatic nitrogens is 2. The van der Waals surface area contributed by atoms with Crippen LogP contribution < -0.4 is 5.32 Å². The fourth-order valence-corrected chi connectivity index (χ4v) is 2.47. The molecule has 0 atom stereocenters. The first-order chi connectivity index (χ1) is 11.4. The molecular weight excluding hydrogens is 321 g/mol. The van der Waals surface area contributed by atoms with Crippen molar-refractivity contribution in [1.82, 2.24) is 14.9 Å². The fourth-order valence-electron chi connectivity index (χ4n) is 2.47. The fraction of sp³-hybridized carbons (Fsp3) is 0.312. The molecule has 126 valence electrons. The van der Waals surface area contributed by atoms with Crippen LogP contribution in [0.15, 0.2) is 42.7 Å². The number of benzene rings is 1. The molecule has 5 nitrogen and oxygen atoms in total. The SMILES string of the molecule is O=C(Cc1cccc(C(F)(F)F)c1)N1CC(Nc2ncccn2)C1. The van der Waals surface area contributed by atoms with Crippen LogP contribution in [0.2, 0.25) is 0 Å². The maximum absolute atomic E-state index is 12.7. The van der Waals surface area contributed by atoms with Gasteiger partial charge in [-0.2, -0.15) is 13.2 Å². The van der Waals surface area contributed by atoms with Crippen LogP contribution in [-0.4, -0.2) is 39.9 Å². The molecule has 0 radical (unpaired) electrons. The molecule has 2 aromatic rings. The quantitative estimate of drug-likeness (QED) is 0.931. The number of alkyl halides is 3. The Labute approximate surface area is 136 Å². The summed E-state index contributed by atoms with van der Waals surface area (Å²) in [6, 6.07) is 6.62. The number of nitrogens with one attached hydrogen (secondary N) is 1. The number of rotatable bonds is 4. The molecule has 1 aliphatic heterocycles. The van der Waals surface area contributed by atoms with Crippen LogP contribution in [0.5, 0.6) is 0 Å². The van der Waals surface area contributed by atoms with Gasteiger partial charge in [-0.15, -0.1) is 0 Å². The van der Waals surface area contributed by atoms with Gasteiger partial charge in [0, 0.05) is 25.5 Å². The van der Waals surface area contributed by atoms with E-state index in [4.69, 9.17) is 0 Å². The maximum Gasteiger partial charge on any atom is 0.416 e. The van der Waals surface area contributed by atoms with Gasteiger partial charge in [-0.05, 0) is 17.7 Å². The van der Waals surface area contributed by atoms with Crippen molar-refractivity contribution in [2.45, 2.75) is 18.6 Å². The number of amides is 1. The molecule has 24 heavy (non-hydrogen) atoms. The second-order valence-electron chi connectivity index (χ2n) is 5.59. The highest BCUT2D eigenvalue weighted by molar-refractivity contribution is 5.80. The highest BCUT2D eigenvalue weighted by Gasteiger charge is 2.32. The number of hydrogen-bond donors (Lipinski definition) is 1. The molecular formula is C16H15F3N4O. The molecule has 8 heteroatoms. The molecule has 1 saturated heterocycles. The second kappa shape index (κ2) is 6.46. The highest BCUT2D eigenvalue weighted by atomic mass is 19.4. The summed E-state index contributed by atoms with van der Waals surface area (Å²) >= 11 is 0. The number of nitrogens with zero attached hydrogens (tertiary/aromatic N) is 3. The van der Waals surface area contributed by atoms with Crippen molar-refractivity contribution < 1.29 is 18.0 Å². The van der Waals surface area contributed by atoms with E-state index in [0.717, 1.165) is 12.1 Å². The minimum absolute atomic E-state index is 0.0432. The van der Waals surface area contributed by atoms with Crippen molar-refractivity contribution in [1.29, 1.82) is 0 Å². The largest absolute Gasteiger partial charge is 0.416 e. The van der Waals surface area contributed by atoms with Crippen molar-refractivity contribution in [2.75, 3.05) is 18.4 Å². The lowest BCUT2D eigenvalue weighted by molar-refractivity contribution is -0.138. The van der Waals surface area contributed by atoms with Gasteiger partial charge in [-0.1, -0.05) is 18.2 Å². The molecule has 1 fully saturated rings. The third-order valence-corrected chi connectivity index (χ3v) is 3.74. The molecule has 0 spiro atoms. The summed E-state index contributed by atoms with van der Waals surface area (Å²) in [6.45, 7) is 0.964. The molecule has 0 aliphatic carbocycles. The van der Waals surface area contributed by atoms with Gasteiger partial charge >= 0.3 is 6.18 Å². The third-order valence-electron chi connectivity index (χ3n) is 3.74. The molecule has 1 aromatic carbocycles. The number of hydrogen-bond acceptors (Lipinski definition) is 4. The maximum atomic E-state index is 12.7. The van der Waals surface area contributed by atoms with Gasteiger partial charge in [0.05, 0.1) is 18.0 Å². The Morgan fingerprint density at radius 1 is 1.21 bits per heavy atom. The van der Waals surface area contributed by atoms with Gasteiger partial charge in [0.1, 0.15) is 0 Å². The van der Waals surface area contributed by atoms with Crippen molar-refractivity contribution in [3.05, 3.63) is 53.9 Å². The molecule has 0 unspecified atom stereocenters. The molecule has 1 aromatic heterocycles. The monoisotopic (exact) mass is 336 g/mol. The van der Waals surface area contributed by atoms with E-state index >= 15 is 0 Å². The van der Waals surface area contributed by atoms with Crippen LogP contribution in [-0.2, 0) is 17.4 Å². The normalized spacial score (nSPS) is 15.0. The van der Waals surface area contributed by atoms with Crippen molar-refractivity contribution in [3.63, 3.8) is 0 Å². The number of anilines is 1. The standard InChI is InChI=1S/C16H15F3N4O/c17-16(18,19)12-4-1-3-11(7-12)8-14(24)23-9-13(10-23)22-15-20-5-2-6-21-15/h1-7,13H,8-10H2,(H,20,21,22). The predicted octanol–water partition coefficient (Wildman–Crippen LogP) is 2.36. The molecule has 0 bridgehead atoms. The van der Waals surface area contributed by atoms with E-state index < -0.39 is 11.7 Å². The van der Waals surface area contributed by atoms with Crippen LogP contribution in [0.25, 0.3) is 0 Å². The predicted molar refractivity (Wildman–Crippen MR) is 81.2 cm³/mol. The van der Waals surface area contributed by atoms with Gasteiger partial charge < -0.3 is 10.2 Å². The van der Waals surface area contributed by atoms with Crippen LogP contribution in [0.4, 0.5) is 19.1 Å². The van der Waals surface area contributed by atoms with E-state index in [2.05, 4.69) is 15.3 Å². The zero-order valence-corrected chi connectivity index (χ0v) is 12.6. The van der Waals surface area contributed by atoms with Gasteiger partial charge in [-0.25, -0.2) is 9.97 Å². The summed E-state index contributed by atoms with van der Waals surface area (Å²) in [4.78, 5) is 21.8. The summed E-state index contributed by atoms with van der Waals surface area (Å²) in [5.74, 6) is 0.300. The second-order valence-corrected chi connectivity index (χ2v) is 5.59. The van der Waals surface area contributed by atoms with Crippen LogP contribution >= 0.6 is 0 Å². The topological polar surface area (TPSA) is 58.1 Å².